The van der Waals surface area contributed by atoms with Crippen LogP contribution >= 0.6 is 11.6 Å². The number of sulfonamides is 1. The number of rotatable bonds is 6. The Kier molecular flexibility index (Phi) is 5.10. The minimum atomic E-state index is -3.54. The zero-order valence-electron chi connectivity index (χ0n) is 12.9. The molecule has 0 bridgehead atoms. The lowest BCUT2D eigenvalue weighted by atomic mass is 10.0. The second-order valence-electron chi connectivity index (χ2n) is 5.72. The molecular formula is C17H18ClNO4S. The van der Waals surface area contributed by atoms with Crippen molar-refractivity contribution in [1.29, 1.82) is 0 Å². The molecule has 1 aliphatic heterocycles. The number of ether oxygens (including phenoxy) is 1. The number of hydrogen-bond acceptors (Lipinski definition) is 4. The van der Waals surface area contributed by atoms with Crippen LogP contribution in [0.15, 0.2) is 42.5 Å². The molecule has 0 radical (unpaired) electrons. The van der Waals surface area contributed by atoms with Gasteiger partial charge >= 0.3 is 0 Å². The van der Waals surface area contributed by atoms with E-state index < -0.39 is 16.1 Å². The summed E-state index contributed by atoms with van der Waals surface area (Å²) in [5.74, 6) is 0.670. The van der Waals surface area contributed by atoms with Crippen LogP contribution in [0.3, 0.4) is 0 Å². The fourth-order valence-electron chi connectivity index (χ4n) is 2.59. The van der Waals surface area contributed by atoms with E-state index in [0.717, 1.165) is 17.7 Å². The number of fused-ring (bicyclic) bond motifs is 1. The summed E-state index contributed by atoms with van der Waals surface area (Å²) in [4.78, 5) is 0. The molecular weight excluding hydrogens is 350 g/mol. The van der Waals surface area contributed by atoms with Gasteiger partial charge in [0.25, 0.3) is 0 Å². The minimum Gasteiger partial charge on any atom is -0.493 e. The summed E-state index contributed by atoms with van der Waals surface area (Å²) < 4.78 is 32.1. The number of aliphatic hydroxyl groups excluding tert-OH is 1. The van der Waals surface area contributed by atoms with Crippen molar-refractivity contribution in [2.24, 2.45) is 0 Å². The highest BCUT2D eigenvalue weighted by atomic mass is 35.5. The second-order valence-corrected chi connectivity index (χ2v) is 7.96. The van der Waals surface area contributed by atoms with Crippen molar-refractivity contribution < 1.29 is 18.3 Å². The summed E-state index contributed by atoms with van der Waals surface area (Å²) in [6.07, 6.45) is -0.103. The molecule has 0 saturated carbocycles. The predicted octanol–water partition coefficient (Wildman–Crippen LogP) is 2.43. The Labute approximate surface area is 146 Å². The molecule has 1 atom stereocenters. The summed E-state index contributed by atoms with van der Waals surface area (Å²) >= 11 is 5.79. The Morgan fingerprint density at radius 1 is 1.21 bits per heavy atom. The molecule has 1 heterocycles. The van der Waals surface area contributed by atoms with Crippen LogP contribution in [0.5, 0.6) is 5.75 Å². The van der Waals surface area contributed by atoms with Crippen molar-refractivity contribution in [3.63, 3.8) is 0 Å². The third-order valence-electron chi connectivity index (χ3n) is 3.86. The van der Waals surface area contributed by atoms with Crippen molar-refractivity contribution in [2.45, 2.75) is 18.3 Å². The van der Waals surface area contributed by atoms with Gasteiger partial charge in [-0.3, -0.25) is 0 Å². The molecule has 0 spiro atoms. The fraction of sp³-hybridized carbons (Fsp3) is 0.294. The van der Waals surface area contributed by atoms with Crippen LogP contribution in [-0.2, 0) is 22.2 Å². The van der Waals surface area contributed by atoms with E-state index in [1.54, 1.807) is 30.3 Å². The number of nitrogens with one attached hydrogen (secondary N) is 1. The second kappa shape index (κ2) is 7.11. The predicted molar refractivity (Wildman–Crippen MR) is 92.7 cm³/mol. The van der Waals surface area contributed by atoms with Crippen molar-refractivity contribution >= 4 is 21.6 Å². The topological polar surface area (TPSA) is 75.6 Å². The molecule has 0 aliphatic carbocycles. The van der Waals surface area contributed by atoms with E-state index in [0.29, 0.717) is 22.8 Å². The van der Waals surface area contributed by atoms with Crippen molar-refractivity contribution in [2.75, 3.05) is 13.2 Å². The zero-order chi connectivity index (χ0) is 17.2. The standard InChI is InChI=1S/C17H18ClNO4S/c18-15-4-1-12(2-5-15)11-24(21,22)19-10-16(20)13-3-6-17-14(9-13)7-8-23-17/h1-6,9,16,19-20H,7-8,10-11H2. The number of aliphatic hydroxyl groups is 1. The maximum absolute atomic E-state index is 12.1. The molecule has 1 unspecified atom stereocenters. The number of halogens is 1. The van der Waals surface area contributed by atoms with Gasteiger partial charge in [-0.1, -0.05) is 29.8 Å². The van der Waals surface area contributed by atoms with Crippen LogP contribution in [0.25, 0.3) is 0 Å². The molecule has 2 aromatic carbocycles. The van der Waals surface area contributed by atoms with Crippen LogP contribution in [0.2, 0.25) is 5.02 Å². The van der Waals surface area contributed by atoms with Gasteiger partial charge < -0.3 is 9.84 Å². The van der Waals surface area contributed by atoms with Crippen LogP contribution in [0.1, 0.15) is 22.8 Å². The zero-order valence-corrected chi connectivity index (χ0v) is 14.5. The number of benzene rings is 2. The van der Waals surface area contributed by atoms with E-state index in [2.05, 4.69) is 4.72 Å². The van der Waals surface area contributed by atoms with Gasteiger partial charge in [0.2, 0.25) is 10.0 Å². The van der Waals surface area contributed by atoms with E-state index in [-0.39, 0.29) is 12.3 Å². The Morgan fingerprint density at radius 3 is 2.71 bits per heavy atom. The highest BCUT2D eigenvalue weighted by molar-refractivity contribution is 7.88. The average molecular weight is 368 g/mol. The SMILES string of the molecule is O=S(=O)(Cc1ccc(Cl)cc1)NCC(O)c1ccc2c(c1)CCO2. The van der Waals surface area contributed by atoms with Gasteiger partial charge in [-0.25, -0.2) is 13.1 Å². The van der Waals surface area contributed by atoms with Crippen LogP contribution in [0.4, 0.5) is 0 Å². The van der Waals surface area contributed by atoms with Crippen LogP contribution < -0.4 is 9.46 Å². The normalized spacial score (nSPS) is 14.9. The van der Waals surface area contributed by atoms with Crippen molar-refractivity contribution in [1.82, 2.24) is 4.72 Å². The molecule has 5 nitrogen and oxygen atoms in total. The Balaban J connectivity index is 1.60. The quantitative estimate of drug-likeness (QED) is 0.822. The van der Waals surface area contributed by atoms with Crippen LogP contribution in [-0.4, -0.2) is 26.7 Å². The first kappa shape index (κ1) is 17.2. The fourth-order valence-corrected chi connectivity index (χ4v) is 3.86. The number of hydrogen-bond donors (Lipinski definition) is 2. The summed E-state index contributed by atoms with van der Waals surface area (Å²) in [7, 11) is -3.54. The van der Waals surface area contributed by atoms with Gasteiger partial charge in [-0.05, 0) is 41.0 Å². The van der Waals surface area contributed by atoms with E-state index in [9.17, 15) is 13.5 Å². The lowest BCUT2D eigenvalue weighted by molar-refractivity contribution is 0.182. The molecule has 1 aliphatic rings. The van der Waals surface area contributed by atoms with Gasteiger partial charge in [0.15, 0.2) is 0 Å². The van der Waals surface area contributed by atoms with Gasteiger partial charge in [-0.2, -0.15) is 0 Å². The van der Waals surface area contributed by atoms with E-state index >= 15 is 0 Å². The van der Waals surface area contributed by atoms with Gasteiger partial charge in [0, 0.05) is 18.0 Å². The molecule has 0 fully saturated rings. The first-order valence-electron chi connectivity index (χ1n) is 7.58. The summed E-state index contributed by atoms with van der Waals surface area (Å²) in [5, 5.41) is 10.8. The van der Waals surface area contributed by atoms with E-state index in [1.807, 2.05) is 12.1 Å². The molecule has 24 heavy (non-hydrogen) atoms. The lowest BCUT2D eigenvalue weighted by Gasteiger charge is -2.13. The van der Waals surface area contributed by atoms with E-state index in [4.69, 9.17) is 16.3 Å². The smallest absolute Gasteiger partial charge is 0.215 e. The maximum atomic E-state index is 12.1. The van der Waals surface area contributed by atoms with Gasteiger partial charge in [0.1, 0.15) is 5.75 Å². The Hall–Kier alpha value is -1.60. The molecule has 2 aromatic rings. The maximum Gasteiger partial charge on any atom is 0.215 e. The van der Waals surface area contributed by atoms with Gasteiger partial charge in [0.05, 0.1) is 18.5 Å². The van der Waals surface area contributed by atoms with Crippen LogP contribution in [0, 0.1) is 0 Å². The summed E-state index contributed by atoms with van der Waals surface area (Å²) in [6, 6.07) is 12.0. The highest BCUT2D eigenvalue weighted by Gasteiger charge is 2.18. The Bertz CT molecular complexity index is 821. The van der Waals surface area contributed by atoms with Gasteiger partial charge in [-0.15, -0.1) is 0 Å². The minimum absolute atomic E-state index is 0.0738. The molecule has 128 valence electrons. The lowest BCUT2D eigenvalue weighted by Crippen LogP contribution is -2.29. The summed E-state index contributed by atoms with van der Waals surface area (Å²) in [5.41, 5.74) is 2.35. The molecule has 0 amide bonds. The third kappa shape index (κ3) is 4.27. The molecule has 2 N–H and O–H groups in total. The summed E-state index contributed by atoms with van der Waals surface area (Å²) in [6.45, 7) is 0.568. The largest absolute Gasteiger partial charge is 0.493 e. The first-order valence-corrected chi connectivity index (χ1v) is 9.61. The molecule has 0 aromatic heterocycles. The first-order chi connectivity index (χ1) is 11.4. The average Bonchev–Trinajstić information content (AvgIpc) is 3.02. The molecule has 7 heteroatoms. The monoisotopic (exact) mass is 367 g/mol. The van der Waals surface area contributed by atoms with E-state index in [1.165, 1.54) is 0 Å². The van der Waals surface area contributed by atoms with Crippen molar-refractivity contribution in [3.8, 4) is 5.75 Å². The molecule has 3 rings (SSSR count). The Morgan fingerprint density at radius 2 is 1.96 bits per heavy atom. The van der Waals surface area contributed by atoms with Crippen molar-refractivity contribution in [3.05, 3.63) is 64.2 Å². The molecule has 0 saturated heterocycles. The highest BCUT2D eigenvalue weighted by Crippen LogP contribution is 2.28. The third-order valence-corrected chi connectivity index (χ3v) is 5.44.